The van der Waals surface area contributed by atoms with Gasteiger partial charge >= 0.3 is 6.03 Å². The van der Waals surface area contributed by atoms with E-state index in [9.17, 15) is 9.59 Å². The number of primary amides is 1. The number of urea groups is 1. The number of benzene rings is 1. The minimum Gasteiger partial charge on any atom is -0.382 e. The number of nitrogens with one attached hydrogen (secondary N) is 2. The Kier molecular flexibility index (Phi) is 4.45. The molecule has 0 bridgehead atoms. The van der Waals surface area contributed by atoms with Crippen LogP contribution in [0.5, 0.6) is 0 Å². The van der Waals surface area contributed by atoms with Crippen LogP contribution in [0.25, 0.3) is 0 Å². The van der Waals surface area contributed by atoms with Gasteiger partial charge in [-0.3, -0.25) is 4.79 Å². The van der Waals surface area contributed by atoms with E-state index in [0.29, 0.717) is 11.7 Å². The molecule has 1 saturated heterocycles. The van der Waals surface area contributed by atoms with E-state index in [1.807, 2.05) is 23.1 Å². The minimum atomic E-state index is -0.572. The lowest BCUT2D eigenvalue weighted by atomic mass is 10.0. The van der Waals surface area contributed by atoms with Gasteiger partial charge in [-0.1, -0.05) is 6.07 Å². The van der Waals surface area contributed by atoms with E-state index in [1.165, 1.54) is 0 Å². The predicted molar refractivity (Wildman–Crippen MR) is 78.5 cm³/mol. The molecule has 1 aromatic carbocycles. The quantitative estimate of drug-likeness (QED) is 0.783. The lowest BCUT2D eigenvalue weighted by molar-refractivity contribution is -0.129. The summed E-state index contributed by atoms with van der Waals surface area (Å²) in [4.78, 5) is 24.0. The van der Waals surface area contributed by atoms with Crippen LogP contribution in [0.2, 0.25) is 0 Å². The Labute approximate surface area is 118 Å². The summed E-state index contributed by atoms with van der Waals surface area (Å²) in [5.74, 6) is 0.135. The molecule has 4 N–H and O–H groups in total. The number of rotatable bonds is 3. The molecule has 6 heteroatoms. The zero-order valence-corrected chi connectivity index (χ0v) is 11.6. The zero-order valence-electron chi connectivity index (χ0n) is 11.6. The van der Waals surface area contributed by atoms with E-state index < -0.39 is 6.03 Å². The molecule has 1 aromatic rings. The molecule has 1 heterocycles. The zero-order chi connectivity index (χ0) is 14.5. The molecule has 0 aromatic heterocycles. The molecule has 20 heavy (non-hydrogen) atoms. The number of carbonyl (C=O) groups excluding carboxylic acids is 2. The maximum atomic E-state index is 11.3. The van der Waals surface area contributed by atoms with Crippen molar-refractivity contribution in [2.45, 2.75) is 25.8 Å². The van der Waals surface area contributed by atoms with E-state index in [4.69, 9.17) is 5.73 Å². The Morgan fingerprint density at radius 1 is 1.25 bits per heavy atom. The average Bonchev–Trinajstić information content (AvgIpc) is 2.39. The Bertz CT molecular complexity index is 496. The van der Waals surface area contributed by atoms with Crippen LogP contribution in [0.3, 0.4) is 0 Å². The second kappa shape index (κ2) is 6.27. The number of anilines is 2. The van der Waals surface area contributed by atoms with Gasteiger partial charge in [-0.15, -0.1) is 0 Å². The smallest absolute Gasteiger partial charge is 0.316 e. The first-order valence-corrected chi connectivity index (χ1v) is 6.73. The molecule has 1 aliphatic heterocycles. The van der Waals surface area contributed by atoms with Crippen LogP contribution < -0.4 is 16.4 Å². The summed E-state index contributed by atoms with van der Waals surface area (Å²) < 4.78 is 0. The number of amides is 3. The van der Waals surface area contributed by atoms with Crippen LogP contribution in [-0.2, 0) is 4.79 Å². The number of nitrogens with zero attached hydrogens (tertiary/aromatic N) is 1. The van der Waals surface area contributed by atoms with Gasteiger partial charge in [0.15, 0.2) is 0 Å². The molecule has 1 aliphatic rings. The van der Waals surface area contributed by atoms with Gasteiger partial charge in [0.1, 0.15) is 0 Å². The van der Waals surface area contributed by atoms with E-state index >= 15 is 0 Å². The summed E-state index contributed by atoms with van der Waals surface area (Å²) in [7, 11) is 0. The Balaban J connectivity index is 1.91. The number of nitrogens with two attached hydrogens (primary N) is 1. The molecule has 0 saturated carbocycles. The van der Waals surface area contributed by atoms with Crippen molar-refractivity contribution >= 4 is 23.3 Å². The first kappa shape index (κ1) is 14.2. The SMILES string of the molecule is CC(=O)N1CCC(Nc2cccc(NC(N)=O)c2)CC1. The fraction of sp³-hybridized carbons (Fsp3) is 0.429. The van der Waals surface area contributed by atoms with E-state index in [1.54, 1.807) is 13.0 Å². The molecule has 0 aliphatic carbocycles. The summed E-state index contributed by atoms with van der Waals surface area (Å²) in [5, 5.41) is 5.97. The second-order valence-corrected chi connectivity index (χ2v) is 4.99. The van der Waals surface area contributed by atoms with Crippen molar-refractivity contribution in [1.82, 2.24) is 4.90 Å². The molecule has 1 fully saturated rings. The third-order valence-electron chi connectivity index (χ3n) is 3.44. The maximum absolute atomic E-state index is 11.3. The second-order valence-electron chi connectivity index (χ2n) is 4.99. The standard InChI is InChI=1S/C14H20N4O2/c1-10(19)18-7-5-11(6-8-18)16-12-3-2-4-13(9-12)17-14(15)20/h2-4,9,11,16H,5-8H2,1H3,(H3,15,17,20). The van der Waals surface area contributed by atoms with Crippen LogP contribution in [-0.4, -0.2) is 36.0 Å². The first-order valence-electron chi connectivity index (χ1n) is 6.73. The number of carbonyl (C=O) groups is 2. The molecule has 0 spiro atoms. The van der Waals surface area contributed by atoms with Gasteiger partial charge in [0, 0.05) is 37.4 Å². The average molecular weight is 276 g/mol. The van der Waals surface area contributed by atoms with Crippen molar-refractivity contribution in [3.63, 3.8) is 0 Å². The van der Waals surface area contributed by atoms with Gasteiger partial charge in [-0.2, -0.15) is 0 Å². The molecule has 3 amide bonds. The fourth-order valence-electron chi connectivity index (χ4n) is 2.40. The van der Waals surface area contributed by atoms with Crippen molar-refractivity contribution in [3.8, 4) is 0 Å². The van der Waals surface area contributed by atoms with Gasteiger partial charge in [0.25, 0.3) is 0 Å². The molecule has 0 atom stereocenters. The van der Waals surface area contributed by atoms with Gasteiger partial charge in [-0.25, -0.2) is 4.79 Å². The number of hydrogen-bond donors (Lipinski definition) is 3. The van der Waals surface area contributed by atoms with E-state index in [2.05, 4.69) is 10.6 Å². The largest absolute Gasteiger partial charge is 0.382 e. The van der Waals surface area contributed by atoms with Gasteiger partial charge < -0.3 is 21.3 Å². The molecule has 0 unspecified atom stereocenters. The van der Waals surface area contributed by atoms with E-state index in [-0.39, 0.29) is 5.91 Å². The van der Waals surface area contributed by atoms with Crippen LogP contribution in [0.15, 0.2) is 24.3 Å². The van der Waals surface area contributed by atoms with Crippen LogP contribution in [0.1, 0.15) is 19.8 Å². The maximum Gasteiger partial charge on any atom is 0.316 e. The highest BCUT2D eigenvalue weighted by Gasteiger charge is 2.20. The lowest BCUT2D eigenvalue weighted by Crippen LogP contribution is -2.41. The third-order valence-corrected chi connectivity index (χ3v) is 3.44. The molecular weight excluding hydrogens is 256 g/mol. The molecule has 108 valence electrons. The summed E-state index contributed by atoms with van der Waals surface area (Å²) in [6, 6.07) is 7.21. The monoisotopic (exact) mass is 276 g/mol. The highest BCUT2D eigenvalue weighted by molar-refractivity contribution is 5.88. The highest BCUT2D eigenvalue weighted by Crippen LogP contribution is 2.19. The highest BCUT2D eigenvalue weighted by atomic mass is 16.2. The summed E-state index contributed by atoms with van der Waals surface area (Å²) in [6.07, 6.45) is 1.85. The summed E-state index contributed by atoms with van der Waals surface area (Å²) in [6.45, 7) is 3.17. The van der Waals surface area contributed by atoms with Crippen LogP contribution in [0, 0.1) is 0 Å². The van der Waals surface area contributed by atoms with Gasteiger partial charge in [0.05, 0.1) is 0 Å². The summed E-state index contributed by atoms with van der Waals surface area (Å²) in [5.41, 5.74) is 6.71. The van der Waals surface area contributed by atoms with Crippen molar-refractivity contribution in [1.29, 1.82) is 0 Å². The van der Waals surface area contributed by atoms with Gasteiger partial charge in [0.2, 0.25) is 5.91 Å². The van der Waals surface area contributed by atoms with Gasteiger partial charge in [-0.05, 0) is 31.0 Å². The lowest BCUT2D eigenvalue weighted by Gasteiger charge is -2.32. The predicted octanol–water partition coefficient (Wildman–Crippen LogP) is 1.60. The van der Waals surface area contributed by atoms with Crippen molar-refractivity contribution < 1.29 is 9.59 Å². The third kappa shape index (κ3) is 3.88. The van der Waals surface area contributed by atoms with Crippen molar-refractivity contribution in [2.75, 3.05) is 23.7 Å². The molecular formula is C14H20N4O2. The van der Waals surface area contributed by atoms with Crippen LogP contribution >= 0.6 is 0 Å². The van der Waals surface area contributed by atoms with Crippen molar-refractivity contribution in [3.05, 3.63) is 24.3 Å². The fourth-order valence-corrected chi connectivity index (χ4v) is 2.40. The Morgan fingerprint density at radius 3 is 2.50 bits per heavy atom. The van der Waals surface area contributed by atoms with Crippen LogP contribution in [0.4, 0.5) is 16.2 Å². The number of likely N-dealkylation sites (tertiary alicyclic amines) is 1. The van der Waals surface area contributed by atoms with Crippen molar-refractivity contribution in [2.24, 2.45) is 5.73 Å². The molecule has 6 nitrogen and oxygen atoms in total. The minimum absolute atomic E-state index is 0.135. The Morgan fingerprint density at radius 2 is 1.90 bits per heavy atom. The topological polar surface area (TPSA) is 87.5 Å². The van der Waals surface area contributed by atoms with E-state index in [0.717, 1.165) is 31.6 Å². The Hall–Kier alpha value is -2.24. The molecule has 0 radical (unpaired) electrons. The molecule has 2 rings (SSSR count). The normalized spacial score (nSPS) is 15.8. The number of piperidine rings is 1. The number of hydrogen-bond acceptors (Lipinski definition) is 3. The summed E-state index contributed by atoms with van der Waals surface area (Å²) >= 11 is 0. The first-order chi connectivity index (χ1) is 9.54.